The molecular weight excluding hydrogens is 290 g/mol. The van der Waals surface area contributed by atoms with Gasteiger partial charge in [0.1, 0.15) is 0 Å². The molecule has 1 aliphatic heterocycles. The molecule has 122 valence electrons. The van der Waals surface area contributed by atoms with Crippen LogP contribution in [-0.4, -0.2) is 35.7 Å². The van der Waals surface area contributed by atoms with Crippen LogP contribution >= 0.6 is 12.2 Å². The summed E-state index contributed by atoms with van der Waals surface area (Å²) in [7, 11) is 0. The topological polar surface area (TPSA) is 27.3 Å². The molecule has 4 heteroatoms. The van der Waals surface area contributed by atoms with Gasteiger partial charge in [-0.3, -0.25) is 0 Å². The summed E-state index contributed by atoms with van der Waals surface area (Å²) in [5, 5.41) is 7.28. The zero-order valence-corrected chi connectivity index (χ0v) is 14.7. The van der Waals surface area contributed by atoms with Gasteiger partial charge in [0.05, 0.1) is 0 Å². The number of nitrogens with zero attached hydrogens (tertiary/aromatic N) is 1. The van der Waals surface area contributed by atoms with E-state index in [0.717, 1.165) is 29.8 Å². The van der Waals surface area contributed by atoms with Gasteiger partial charge in [0, 0.05) is 24.8 Å². The maximum atomic E-state index is 5.36. The molecule has 1 atom stereocenters. The second kappa shape index (κ2) is 9.11. The highest BCUT2D eigenvalue weighted by Crippen LogP contribution is 2.19. The SMILES string of the molecule is CC[C@H]1CCCCN1CCCNC(=S)Nc1cccc(C)c1. The van der Waals surface area contributed by atoms with Gasteiger partial charge in [-0.15, -0.1) is 0 Å². The van der Waals surface area contributed by atoms with Crippen molar-refractivity contribution in [3.63, 3.8) is 0 Å². The van der Waals surface area contributed by atoms with Crippen LogP contribution in [-0.2, 0) is 0 Å². The van der Waals surface area contributed by atoms with Crippen LogP contribution < -0.4 is 10.6 Å². The monoisotopic (exact) mass is 319 g/mol. The fraction of sp³-hybridized carbons (Fsp3) is 0.611. The van der Waals surface area contributed by atoms with Crippen molar-refractivity contribution < 1.29 is 0 Å². The molecule has 1 saturated heterocycles. The fourth-order valence-electron chi connectivity index (χ4n) is 3.20. The number of hydrogen-bond donors (Lipinski definition) is 2. The normalized spacial score (nSPS) is 18.9. The van der Waals surface area contributed by atoms with Gasteiger partial charge in [-0.2, -0.15) is 0 Å². The summed E-state index contributed by atoms with van der Waals surface area (Å²) in [6.45, 7) is 7.78. The van der Waals surface area contributed by atoms with E-state index in [1.807, 2.05) is 12.1 Å². The molecule has 22 heavy (non-hydrogen) atoms. The maximum Gasteiger partial charge on any atom is 0.170 e. The summed E-state index contributed by atoms with van der Waals surface area (Å²) in [5.41, 5.74) is 2.29. The highest BCUT2D eigenvalue weighted by atomic mass is 32.1. The number of aryl methyl sites for hydroxylation is 1. The number of hydrogen-bond acceptors (Lipinski definition) is 2. The van der Waals surface area contributed by atoms with E-state index in [2.05, 4.69) is 41.5 Å². The van der Waals surface area contributed by atoms with Crippen molar-refractivity contribution in [1.29, 1.82) is 0 Å². The molecule has 1 aromatic carbocycles. The lowest BCUT2D eigenvalue weighted by Gasteiger charge is -2.35. The zero-order valence-electron chi connectivity index (χ0n) is 13.9. The van der Waals surface area contributed by atoms with E-state index in [-0.39, 0.29) is 0 Å². The minimum atomic E-state index is 0.719. The molecule has 1 aliphatic rings. The molecule has 1 fully saturated rings. The third kappa shape index (κ3) is 5.58. The zero-order chi connectivity index (χ0) is 15.8. The summed E-state index contributed by atoms with van der Waals surface area (Å²) in [6, 6.07) is 9.08. The molecule has 0 amide bonds. The van der Waals surface area contributed by atoms with Crippen molar-refractivity contribution in [2.45, 2.75) is 52.0 Å². The number of nitrogens with one attached hydrogen (secondary N) is 2. The maximum absolute atomic E-state index is 5.36. The molecule has 1 aromatic rings. The van der Waals surface area contributed by atoms with E-state index in [1.165, 1.54) is 44.3 Å². The van der Waals surface area contributed by atoms with Crippen LogP contribution in [0.15, 0.2) is 24.3 Å². The van der Waals surface area contributed by atoms with Gasteiger partial charge in [-0.1, -0.05) is 25.5 Å². The van der Waals surface area contributed by atoms with Gasteiger partial charge in [-0.25, -0.2) is 0 Å². The van der Waals surface area contributed by atoms with E-state index >= 15 is 0 Å². The molecule has 0 spiro atoms. The van der Waals surface area contributed by atoms with Crippen molar-refractivity contribution in [1.82, 2.24) is 10.2 Å². The number of likely N-dealkylation sites (tertiary alicyclic amines) is 1. The van der Waals surface area contributed by atoms with Crippen LogP contribution in [0.1, 0.15) is 44.6 Å². The Balaban J connectivity index is 1.64. The Labute approximate surface area is 140 Å². The molecule has 0 bridgehead atoms. The minimum Gasteiger partial charge on any atom is -0.362 e. The Kier molecular flexibility index (Phi) is 7.13. The highest BCUT2D eigenvalue weighted by Gasteiger charge is 2.19. The van der Waals surface area contributed by atoms with Crippen LogP contribution in [0.4, 0.5) is 5.69 Å². The average molecular weight is 320 g/mol. The first-order valence-corrected chi connectivity index (χ1v) is 8.95. The van der Waals surface area contributed by atoms with E-state index in [9.17, 15) is 0 Å². The van der Waals surface area contributed by atoms with E-state index < -0.39 is 0 Å². The molecule has 2 N–H and O–H groups in total. The lowest BCUT2D eigenvalue weighted by Crippen LogP contribution is -2.40. The third-order valence-electron chi connectivity index (χ3n) is 4.40. The summed E-state index contributed by atoms with van der Waals surface area (Å²) < 4.78 is 0. The quantitative estimate of drug-likeness (QED) is 0.613. The lowest BCUT2D eigenvalue weighted by atomic mass is 10.00. The number of anilines is 1. The molecule has 0 radical (unpaired) electrons. The Morgan fingerprint density at radius 2 is 2.23 bits per heavy atom. The number of rotatable bonds is 6. The van der Waals surface area contributed by atoms with Crippen molar-refractivity contribution in [2.75, 3.05) is 25.0 Å². The first-order chi connectivity index (χ1) is 10.7. The first-order valence-electron chi connectivity index (χ1n) is 8.54. The Morgan fingerprint density at radius 1 is 1.36 bits per heavy atom. The molecule has 0 aliphatic carbocycles. The van der Waals surface area contributed by atoms with Gasteiger partial charge in [0.25, 0.3) is 0 Å². The molecule has 1 heterocycles. The number of benzene rings is 1. The molecule has 2 rings (SSSR count). The standard InChI is InChI=1S/C18H29N3S/c1-3-17-10-4-5-12-21(17)13-7-11-19-18(22)20-16-9-6-8-15(2)14-16/h6,8-9,14,17H,3-5,7,10-13H2,1-2H3,(H2,19,20,22)/t17-/m0/s1. The van der Waals surface area contributed by atoms with Crippen LogP contribution in [0.5, 0.6) is 0 Å². The first kappa shape index (κ1) is 17.2. The molecule has 0 saturated carbocycles. The number of piperidine rings is 1. The number of thiocarbonyl (C=S) groups is 1. The van der Waals surface area contributed by atoms with Crippen molar-refractivity contribution in [2.24, 2.45) is 0 Å². The van der Waals surface area contributed by atoms with E-state index in [1.54, 1.807) is 0 Å². The highest BCUT2D eigenvalue weighted by molar-refractivity contribution is 7.80. The van der Waals surface area contributed by atoms with Gasteiger partial charge < -0.3 is 15.5 Å². The minimum absolute atomic E-state index is 0.719. The van der Waals surface area contributed by atoms with Crippen LogP contribution in [0.3, 0.4) is 0 Å². The molecule has 3 nitrogen and oxygen atoms in total. The predicted octanol–water partition coefficient (Wildman–Crippen LogP) is 3.94. The fourth-order valence-corrected chi connectivity index (χ4v) is 3.42. The summed E-state index contributed by atoms with van der Waals surface area (Å²) in [6.07, 6.45) is 6.55. The molecular formula is C18H29N3S. The van der Waals surface area contributed by atoms with Crippen LogP contribution in [0.25, 0.3) is 0 Å². The summed E-state index contributed by atoms with van der Waals surface area (Å²) in [4.78, 5) is 2.65. The van der Waals surface area contributed by atoms with Crippen molar-refractivity contribution in [3.8, 4) is 0 Å². The Morgan fingerprint density at radius 3 is 3.00 bits per heavy atom. The van der Waals surface area contributed by atoms with Crippen molar-refractivity contribution in [3.05, 3.63) is 29.8 Å². The molecule has 0 unspecified atom stereocenters. The smallest absolute Gasteiger partial charge is 0.170 e. The Bertz CT molecular complexity index is 475. The largest absolute Gasteiger partial charge is 0.362 e. The second-order valence-electron chi connectivity index (χ2n) is 6.20. The van der Waals surface area contributed by atoms with Crippen molar-refractivity contribution >= 4 is 23.0 Å². The van der Waals surface area contributed by atoms with Gasteiger partial charge in [0.15, 0.2) is 5.11 Å². The van der Waals surface area contributed by atoms with E-state index in [0.29, 0.717) is 0 Å². The predicted molar refractivity (Wildman–Crippen MR) is 99.5 cm³/mol. The lowest BCUT2D eigenvalue weighted by molar-refractivity contribution is 0.143. The Hall–Kier alpha value is -1.13. The third-order valence-corrected chi connectivity index (χ3v) is 4.65. The van der Waals surface area contributed by atoms with Gasteiger partial charge in [0.2, 0.25) is 0 Å². The summed E-state index contributed by atoms with van der Waals surface area (Å²) in [5.74, 6) is 0. The van der Waals surface area contributed by atoms with Gasteiger partial charge >= 0.3 is 0 Å². The second-order valence-corrected chi connectivity index (χ2v) is 6.61. The van der Waals surface area contributed by atoms with Crippen LogP contribution in [0.2, 0.25) is 0 Å². The van der Waals surface area contributed by atoms with E-state index in [4.69, 9.17) is 12.2 Å². The van der Waals surface area contributed by atoms with Crippen LogP contribution in [0, 0.1) is 6.92 Å². The average Bonchev–Trinajstić information content (AvgIpc) is 2.52. The summed E-state index contributed by atoms with van der Waals surface area (Å²) >= 11 is 5.36. The van der Waals surface area contributed by atoms with Gasteiger partial charge in [-0.05, 0) is 69.1 Å². The molecule has 0 aromatic heterocycles.